The van der Waals surface area contributed by atoms with Gasteiger partial charge in [-0.15, -0.1) is 0 Å². The Bertz CT molecular complexity index is 635. The van der Waals surface area contributed by atoms with Crippen LogP contribution < -0.4 is 14.8 Å². The SMILES string of the molecule is O=C(NCC1(c2ccc3c(c2)OCO3)CCCCC1)N1CCCOCC1. The summed E-state index contributed by atoms with van der Waals surface area (Å²) in [6.07, 6.45) is 6.75. The maximum atomic E-state index is 12.7. The summed E-state index contributed by atoms with van der Waals surface area (Å²) in [5.41, 5.74) is 1.23. The van der Waals surface area contributed by atoms with Crippen molar-refractivity contribution in [1.82, 2.24) is 10.2 Å². The fraction of sp³-hybridized carbons (Fsp3) is 0.650. The zero-order chi connectivity index (χ0) is 17.8. The van der Waals surface area contributed by atoms with E-state index in [1.54, 1.807) is 0 Å². The molecule has 0 spiro atoms. The van der Waals surface area contributed by atoms with Gasteiger partial charge < -0.3 is 24.4 Å². The topological polar surface area (TPSA) is 60.0 Å². The minimum atomic E-state index is -0.0166. The molecule has 0 bridgehead atoms. The Kier molecular flexibility index (Phi) is 5.20. The molecule has 142 valence electrons. The highest BCUT2D eigenvalue weighted by atomic mass is 16.7. The van der Waals surface area contributed by atoms with Crippen molar-refractivity contribution in [2.24, 2.45) is 0 Å². The monoisotopic (exact) mass is 360 g/mol. The molecular formula is C20H28N2O4. The number of nitrogens with zero attached hydrogens (tertiary/aromatic N) is 1. The number of fused-ring (bicyclic) bond motifs is 1. The maximum Gasteiger partial charge on any atom is 0.317 e. The molecule has 26 heavy (non-hydrogen) atoms. The predicted molar refractivity (Wildman–Crippen MR) is 97.7 cm³/mol. The molecule has 6 heteroatoms. The molecule has 1 saturated carbocycles. The molecule has 1 N–H and O–H groups in total. The summed E-state index contributed by atoms with van der Waals surface area (Å²) in [7, 11) is 0. The van der Waals surface area contributed by atoms with E-state index in [1.807, 2.05) is 11.0 Å². The first-order valence-corrected chi connectivity index (χ1v) is 9.78. The molecule has 3 aliphatic rings. The van der Waals surface area contributed by atoms with Crippen molar-refractivity contribution in [2.45, 2.75) is 43.9 Å². The van der Waals surface area contributed by atoms with Crippen LogP contribution in [0.5, 0.6) is 11.5 Å². The first kappa shape index (κ1) is 17.5. The molecule has 0 aromatic heterocycles. The van der Waals surface area contributed by atoms with Gasteiger partial charge in [0.2, 0.25) is 6.79 Å². The fourth-order valence-electron chi connectivity index (χ4n) is 4.33. The van der Waals surface area contributed by atoms with Gasteiger partial charge in [0.15, 0.2) is 11.5 Å². The number of nitrogens with one attached hydrogen (secondary N) is 1. The molecule has 2 amide bonds. The third kappa shape index (κ3) is 3.61. The van der Waals surface area contributed by atoms with Crippen LogP contribution in [0.1, 0.15) is 44.1 Å². The van der Waals surface area contributed by atoms with E-state index in [0.717, 1.165) is 43.9 Å². The summed E-state index contributed by atoms with van der Waals surface area (Å²) in [6, 6.07) is 6.29. The van der Waals surface area contributed by atoms with Crippen LogP contribution in [-0.4, -0.2) is 50.6 Å². The maximum absolute atomic E-state index is 12.7. The Morgan fingerprint density at radius 2 is 1.88 bits per heavy atom. The number of carbonyl (C=O) groups excluding carboxylic acids is 1. The van der Waals surface area contributed by atoms with Gasteiger partial charge >= 0.3 is 6.03 Å². The summed E-state index contributed by atoms with van der Waals surface area (Å²) in [6.45, 7) is 3.76. The normalized spacial score (nSPS) is 21.9. The van der Waals surface area contributed by atoms with E-state index >= 15 is 0 Å². The van der Waals surface area contributed by atoms with Gasteiger partial charge in [-0.3, -0.25) is 0 Å². The Morgan fingerprint density at radius 3 is 2.77 bits per heavy atom. The molecule has 1 saturated heterocycles. The summed E-state index contributed by atoms with van der Waals surface area (Å²) in [5, 5.41) is 3.22. The number of urea groups is 1. The molecule has 2 aliphatic heterocycles. The van der Waals surface area contributed by atoms with Gasteiger partial charge in [-0.05, 0) is 37.0 Å². The number of rotatable bonds is 3. The van der Waals surface area contributed by atoms with Crippen LogP contribution in [0, 0.1) is 0 Å². The van der Waals surface area contributed by atoms with Gasteiger partial charge in [-0.2, -0.15) is 0 Å². The van der Waals surface area contributed by atoms with Gasteiger partial charge in [0.25, 0.3) is 0 Å². The quantitative estimate of drug-likeness (QED) is 0.900. The van der Waals surface area contributed by atoms with Crippen LogP contribution in [0.3, 0.4) is 0 Å². The van der Waals surface area contributed by atoms with Crippen LogP contribution in [0.15, 0.2) is 18.2 Å². The highest BCUT2D eigenvalue weighted by molar-refractivity contribution is 5.74. The highest BCUT2D eigenvalue weighted by Crippen LogP contribution is 2.43. The average Bonchev–Trinajstić information content (AvgIpc) is 2.98. The van der Waals surface area contributed by atoms with E-state index in [9.17, 15) is 4.79 Å². The van der Waals surface area contributed by atoms with Crippen molar-refractivity contribution in [3.63, 3.8) is 0 Å². The lowest BCUT2D eigenvalue weighted by Crippen LogP contribution is -2.48. The van der Waals surface area contributed by atoms with E-state index in [4.69, 9.17) is 14.2 Å². The lowest BCUT2D eigenvalue weighted by atomic mass is 9.69. The van der Waals surface area contributed by atoms with Crippen molar-refractivity contribution in [3.8, 4) is 11.5 Å². The van der Waals surface area contributed by atoms with Gasteiger partial charge in [-0.25, -0.2) is 4.79 Å². The number of benzene rings is 1. The molecule has 0 radical (unpaired) electrons. The Morgan fingerprint density at radius 1 is 1.04 bits per heavy atom. The number of carbonyl (C=O) groups is 1. The molecule has 6 nitrogen and oxygen atoms in total. The van der Waals surface area contributed by atoms with Crippen molar-refractivity contribution >= 4 is 6.03 Å². The van der Waals surface area contributed by atoms with E-state index in [2.05, 4.69) is 17.4 Å². The summed E-state index contributed by atoms with van der Waals surface area (Å²) < 4.78 is 16.5. The second-order valence-electron chi connectivity index (χ2n) is 7.52. The van der Waals surface area contributed by atoms with Crippen molar-refractivity contribution in [3.05, 3.63) is 23.8 Å². The first-order chi connectivity index (χ1) is 12.8. The van der Waals surface area contributed by atoms with Gasteiger partial charge in [-0.1, -0.05) is 25.3 Å². The average molecular weight is 360 g/mol. The molecule has 0 unspecified atom stereocenters. The Labute approximate surface area is 154 Å². The number of hydrogen-bond donors (Lipinski definition) is 1. The lowest BCUT2D eigenvalue weighted by Gasteiger charge is -2.38. The van der Waals surface area contributed by atoms with Crippen molar-refractivity contribution in [1.29, 1.82) is 0 Å². The van der Waals surface area contributed by atoms with E-state index in [-0.39, 0.29) is 11.4 Å². The van der Waals surface area contributed by atoms with E-state index in [0.29, 0.717) is 26.5 Å². The Balaban J connectivity index is 1.48. The molecule has 2 fully saturated rings. The lowest BCUT2D eigenvalue weighted by molar-refractivity contribution is 0.141. The van der Waals surface area contributed by atoms with E-state index < -0.39 is 0 Å². The second kappa shape index (κ2) is 7.74. The molecule has 1 aromatic rings. The largest absolute Gasteiger partial charge is 0.454 e. The number of ether oxygens (including phenoxy) is 3. The minimum Gasteiger partial charge on any atom is -0.454 e. The van der Waals surface area contributed by atoms with Crippen LogP contribution in [0.4, 0.5) is 4.79 Å². The van der Waals surface area contributed by atoms with Crippen molar-refractivity contribution in [2.75, 3.05) is 39.6 Å². The second-order valence-corrected chi connectivity index (χ2v) is 7.52. The van der Waals surface area contributed by atoms with Crippen molar-refractivity contribution < 1.29 is 19.0 Å². The van der Waals surface area contributed by atoms with Gasteiger partial charge in [0.05, 0.1) is 6.61 Å². The summed E-state index contributed by atoms with van der Waals surface area (Å²) in [5.74, 6) is 1.64. The third-order valence-corrected chi connectivity index (χ3v) is 5.88. The predicted octanol–water partition coefficient (Wildman–Crippen LogP) is 3.05. The van der Waals surface area contributed by atoms with Crippen LogP contribution >= 0.6 is 0 Å². The smallest absolute Gasteiger partial charge is 0.317 e. The molecule has 1 aromatic carbocycles. The molecule has 1 aliphatic carbocycles. The molecule has 0 atom stereocenters. The zero-order valence-electron chi connectivity index (χ0n) is 15.3. The van der Waals surface area contributed by atoms with Gasteiger partial charge in [0, 0.05) is 31.7 Å². The van der Waals surface area contributed by atoms with E-state index in [1.165, 1.54) is 24.8 Å². The van der Waals surface area contributed by atoms with Crippen LogP contribution in [0.2, 0.25) is 0 Å². The highest BCUT2D eigenvalue weighted by Gasteiger charge is 2.36. The minimum absolute atomic E-state index is 0.0166. The third-order valence-electron chi connectivity index (χ3n) is 5.88. The number of hydrogen-bond acceptors (Lipinski definition) is 4. The first-order valence-electron chi connectivity index (χ1n) is 9.78. The number of amides is 2. The molecule has 4 rings (SSSR count). The zero-order valence-corrected chi connectivity index (χ0v) is 15.3. The Hall–Kier alpha value is -1.95. The fourth-order valence-corrected chi connectivity index (χ4v) is 4.33. The summed E-state index contributed by atoms with van der Waals surface area (Å²) in [4.78, 5) is 14.5. The standard InChI is InChI=1S/C20H28N2O4/c23-19(22-9-4-11-24-12-10-22)21-14-20(7-2-1-3-8-20)16-5-6-17-18(13-16)26-15-25-17/h5-6,13H,1-4,7-12,14-15H2,(H,21,23). The van der Waals surface area contributed by atoms with Crippen LogP contribution in [-0.2, 0) is 10.2 Å². The van der Waals surface area contributed by atoms with Gasteiger partial charge in [0.1, 0.15) is 0 Å². The molecular weight excluding hydrogens is 332 g/mol. The van der Waals surface area contributed by atoms with Crippen LogP contribution in [0.25, 0.3) is 0 Å². The summed E-state index contributed by atoms with van der Waals surface area (Å²) >= 11 is 0. The molecule has 2 heterocycles.